The molecular formula is C19H21NO6. The van der Waals surface area contributed by atoms with Crippen LogP contribution in [0.25, 0.3) is 0 Å². The molecule has 1 atom stereocenters. The van der Waals surface area contributed by atoms with Gasteiger partial charge in [0.25, 0.3) is 5.91 Å². The minimum absolute atomic E-state index is 0.00261. The van der Waals surface area contributed by atoms with Crippen LogP contribution in [0.1, 0.15) is 28.9 Å². The normalized spacial score (nSPS) is 11.3. The van der Waals surface area contributed by atoms with Crippen LogP contribution < -0.4 is 14.8 Å². The van der Waals surface area contributed by atoms with Gasteiger partial charge in [0.15, 0.2) is 6.61 Å². The molecule has 0 unspecified atom stereocenters. The summed E-state index contributed by atoms with van der Waals surface area (Å²) >= 11 is 0. The van der Waals surface area contributed by atoms with E-state index in [0.29, 0.717) is 11.5 Å². The molecule has 0 bridgehead atoms. The van der Waals surface area contributed by atoms with Gasteiger partial charge in [0, 0.05) is 5.56 Å². The fraction of sp³-hybridized carbons (Fsp3) is 0.263. The lowest BCUT2D eigenvalue weighted by Gasteiger charge is -2.18. The van der Waals surface area contributed by atoms with Crippen LogP contribution in [-0.2, 0) is 9.53 Å². The van der Waals surface area contributed by atoms with E-state index in [9.17, 15) is 14.7 Å². The fourth-order valence-electron chi connectivity index (χ4n) is 2.39. The number of hydrogen-bond acceptors (Lipinski definition) is 6. The summed E-state index contributed by atoms with van der Waals surface area (Å²) in [6.45, 7) is 1.31. The Morgan fingerprint density at radius 1 is 1.12 bits per heavy atom. The summed E-state index contributed by atoms with van der Waals surface area (Å²) in [6.07, 6.45) is 0. The molecule has 0 aliphatic heterocycles. The van der Waals surface area contributed by atoms with E-state index >= 15 is 0 Å². The van der Waals surface area contributed by atoms with Crippen molar-refractivity contribution in [3.05, 3.63) is 53.6 Å². The molecule has 7 heteroatoms. The van der Waals surface area contributed by atoms with Crippen LogP contribution in [0.4, 0.5) is 0 Å². The molecule has 138 valence electrons. The first kappa shape index (κ1) is 19.1. The maximum atomic E-state index is 12.1. The Hall–Kier alpha value is -3.22. The highest BCUT2D eigenvalue weighted by Gasteiger charge is 2.17. The topological polar surface area (TPSA) is 94.1 Å². The van der Waals surface area contributed by atoms with Gasteiger partial charge in [0.1, 0.15) is 22.8 Å². The number of esters is 1. The second kappa shape index (κ2) is 8.75. The molecule has 0 saturated carbocycles. The van der Waals surface area contributed by atoms with Crippen LogP contribution in [-0.4, -0.2) is 37.8 Å². The quantitative estimate of drug-likeness (QED) is 0.738. The van der Waals surface area contributed by atoms with E-state index < -0.39 is 24.5 Å². The van der Waals surface area contributed by atoms with Crippen LogP contribution in [0.2, 0.25) is 0 Å². The average molecular weight is 359 g/mol. The third-order valence-corrected chi connectivity index (χ3v) is 3.74. The van der Waals surface area contributed by atoms with E-state index in [0.717, 1.165) is 5.56 Å². The summed E-state index contributed by atoms with van der Waals surface area (Å²) in [5.74, 6) is -0.221. The Balaban J connectivity index is 1.97. The second-order valence-electron chi connectivity index (χ2n) is 5.49. The number of phenolic OH excluding ortho intramolecular Hbond substituents is 1. The summed E-state index contributed by atoms with van der Waals surface area (Å²) < 4.78 is 15.4. The molecule has 2 N–H and O–H groups in total. The SMILES string of the molecule is COc1ccc(OC)c([C@@H](C)NC(=O)COC(=O)c2ccccc2O)c1. The summed E-state index contributed by atoms with van der Waals surface area (Å²) in [7, 11) is 3.08. The fourth-order valence-corrected chi connectivity index (χ4v) is 2.39. The number of para-hydroxylation sites is 1. The molecule has 0 aromatic heterocycles. The van der Waals surface area contributed by atoms with Gasteiger partial charge in [-0.25, -0.2) is 4.79 Å². The van der Waals surface area contributed by atoms with Crippen molar-refractivity contribution in [1.82, 2.24) is 5.32 Å². The monoisotopic (exact) mass is 359 g/mol. The zero-order valence-corrected chi connectivity index (χ0v) is 14.8. The first-order valence-corrected chi connectivity index (χ1v) is 7.92. The van der Waals surface area contributed by atoms with Crippen molar-refractivity contribution in [3.63, 3.8) is 0 Å². The maximum Gasteiger partial charge on any atom is 0.342 e. The molecule has 1 amide bonds. The predicted octanol–water partition coefficient (Wildman–Crippen LogP) is 2.44. The van der Waals surface area contributed by atoms with Gasteiger partial charge in [-0.2, -0.15) is 0 Å². The largest absolute Gasteiger partial charge is 0.507 e. The number of hydrogen-bond donors (Lipinski definition) is 2. The molecule has 2 rings (SSSR count). The number of nitrogens with one attached hydrogen (secondary N) is 1. The second-order valence-corrected chi connectivity index (χ2v) is 5.49. The molecule has 2 aromatic carbocycles. The van der Waals surface area contributed by atoms with E-state index in [1.54, 1.807) is 44.4 Å². The highest BCUT2D eigenvalue weighted by molar-refractivity contribution is 5.93. The molecule has 7 nitrogen and oxygen atoms in total. The van der Waals surface area contributed by atoms with Crippen molar-refractivity contribution in [2.45, 2.75) is 13.0 Å². The van der Waals surface area contributed by atoms with Crippen LogP contribution >= 0.6 is 0 Å². The number of carbonyl (C=O) groups is 2. The van der Waals surface area contributed by atoms with Crippen LogP contribution in [0.5, 0.6) is 17.2 Å². The van der Waals surface area contributed by atoms with Crippen LogP contribution in [0, 0.1) is 0 Å². The summed E-state index contributed by atoms with van der Waals surface area (Å²) in [6, 6.07) is 10.8. The van der Waals surface area contributed by atoms with Crippen molar-refractivity contribution < 1.29 is 28.9 Å². The Kier molecular flexibility index (Phi) is 6.43. The van der Waals surface area contributed by atoms with Crippen molar-refractivity contribution >= 4 is 11.9 Å². The molecule has 2 aromatic rings. The van der Waals surface area contributed by atoms with Gasteiger partial charge in [-0.3, -0.25) is 4.79 Å². The van der Waals surface area contributed by atoms with Crippen molar-refractivity contribution in [2.24, 2.45) is 0 Å². The predicted molar refractivity (Wildman–Crippen MR) is 94.5 cm³/mol. The Morgan fingerprint density at radius 3 is 2.50 bits per heavy atom. The molecule has 0 fully saturated rings. The van der Waals surface area contributed by atoms with Crippen molar-refractivity contribution in [3.8, 4) is 17.2 Å². The molecule has 0 spiro atoms. The van der Waals surface area contributed by atoms with Gasteiger partial charge in [-0.1, -0.05) is 12.1 Å². The Bertz CT molecular complexity index is 789. The minimum atomic E-state index is -0.773. The number of amides is 1. The van der Waals surface area contributed by atoms with Gasteiger partial charge >= 0.3 is 5.97 Å². The average Bonchev–Trinajstić information content (AvgIpc) is 2.65. The molecule has 0 aliphatic carbocycles. The number of methoxy groups -OCH3 is 2. The summed E-state index contributed by atoms with van der Waals surface area (Å²) in [4.78, 5) is 24.0. The number of ether oxygens (including phenoxy) is 3. The molecule has 0 radical (unpaired) electrons. The third-order valence-electron chi connectivity index (χ3n) is 3.74. The summed E-state index contributed by atoms with van der Waals surface area (Å²) in [5.41, 5.74) is 0.732. The molecule has 26 heavy (non-hydrogen) atoms. The Morgan fingerprint density at radius 2 is 1.85 bits per heavy atom. The van der Waals surface area contributed by atoms with Crippen molar-refractivity contribution in [1.29, 1.82) is 0 Å². The summed E-state index contributed by atoms with van der Waals surface area (Å²) in [5, 5.41) is 12.3. The number of phenols is 1. The van der Waals surface area contributed by atoms with E-state index in [1.165, 1.54) is 19.2 Å². The highest BCUT2D eigenvalue weighted by Crippen LogP contribution is 2.29. The number of carbonyl (C=O) groups excluding carboxylic acids is 2. The zero-order valence-electron chi connectivity index (χ0n) is 14.8. The number of benzene rings is 2. The lowest BCUT2D eigenvalue weighted by atomic mass is 10.1. The first-order chi connectivity index (χ1) is 12.5. The van der Waals surface area contributed by atoms with Crippen molar-refractivity contribution in [2.75, 3.05) is 20.8 Å². The van der Waals surface area contributed by atoms with Gasteiger partial charge in [0.05, 0.1) is 20.3 Å². The van der Waals surface area contributed by atoms with Gasteiger partial charge in [-0.05, 0) is 37.3 Å². The maximum absolute atomic E-state index is 12.1. The van der Waals surface area contributed by atoms with E-state index in [2.05, 4.69) is 5.32 Å². The zero-order chi connectivity index (χ0) is 19.1. The van der Waals surface area contributed by atoms with E-state index in [1.807, 2.05) is 0 Å². The molecular weight excluding hydrogens is 338 g/mol. The highest BCUT2D eigenvalue weighted by atomic mass is 16.5. The Labute approximate surface area is 151 Å². The van der Waals surface area contributed by atoms with Gasteiger partial charge < -0.3 is 24.6 Å². The van der Waals surface area contributed by atoms with E-state index in [-0.39, 0.29) is 11.3 Å². The van der Waals surface area contributed by atoms with Gasteiger partial charge in [-0.15, -0.1) is 0 Å². The van der Waals surface area contributed by atoms with Gasteiger partial charge in [0.2, 0.25) is 0 Å². The molecule has 0 heterocycles. The third kappa shape index (κ3) is 4.66. The first-order valence-electron chi connectivity index (χ1n) is 7.92. The number of rotatable bonds is 7. The lowest BCUT2D eigenvalue weighted by Crippen LogP contribution is -2.31. The minimum Gasteiger partial charge on any atom is -0.507 e. The molecule has 0 saturated heterocycles. The van der Waals surface area contributed by atoms with Crippen LogP contribution in [0.3, 0.4) is 0 Å². The molecule has 0 aliphatic rings. The number of aromatic hydroxyl groups is 1. The van der Waals surface area contributed by atoms with Crippen LogP contribution in [0.15, 0.2) is 42.5 Å². The lowest BCUT2D eigenvalue weighted by molar-refractivity contribution is -0.124. The van der Waals surface area contributed by atoms with E-state index in [4.69, 9.17) is 14.2 Å². The smallest absolute Gasteiger partial charge is 0.342 e. The standard InChI is InChI=1S/C19H21NO6/c1-12(15-10-13(24-2)8-9-17(15)25-3)20-18(22)11-26-19(23)14-6-4-5-7-16(14)21/h4-10,12,21H,11H2,1-3H3,(H,20,22)/t12-/m1/s1.